The van der Waals surface area contributed by atoms with Gasteiger partial charge in [0.05, 0.1) is 5.84 Å². The number of rotatable bonds is 2. The average Bonchev–Trinajstić information content (AvgIpc) is 2.57. The van der Waals surface area contributed by atoms with Gasteiger partial charge in [-0.2, -0.15) is 0 Å². The van der Waals surface area contributed by atoms with Crippen molar-refractivity contribution in [3.05, 3.63) is 0 Å². The van der Waals surface area contributed by atoms with E-state index < -0.39 is 0 Å². The van der Waals surface area contributed by atoms with Gasteiger partial charge in [0.1, 0.15) is 0 Å². The van der Waals surface area contributed by atoms with Gasteiger partial charge in [-0.05, 0) is 29.6 Å². The molecule has 1 heterocycles. The fraction of sp³-hybridized carbons (Fsp3) is 0.923. The minimum atomic E-state index is 0.495. The zero-order chi connectivity index (χ0) is 11.1. The first-order chi connectivity index (χ1) is 6.96. The van der Waals surface area contributed by atoms with Gasteiger partial charge in [-0.25, -0.2) is 0 Å². The molecule has 1 aliphatic heterocycles. The van der Waals surface area contributed by atoms with Crippen molar-refractivity contribution in [1.82, 2.24) is 5.32 Å². The fourth-order valence-corrected chi connectivity index (χ4v) is 2.90. The first-order valence-corrected chi connectivity index (χ1v) is 6.23. The van der Waals surface area contributed by atoms with Crippen molar-refractivity contribution in [2.24, 2.45) is 21.7 Å². The molecule has 0 aromatic rings. The molecule has 0 aromatic carbocycles. The van der Waals surface area contributed by atoms with Crippen LogP contribution in [-0.4, -0.2) is 18.9 Å². The molecule has 0 bridgehead atoms. The molecule has 0 spiro atoms. The van der Waals surface area contributed by atoms with Crippen LogP contribution in [0.5, 0.6) is 0 Å². The lowest BCUT2D eigenvalue weighted by molar-refractivity contribution is 0.457. The van der Waals surface area contributed by atoms with Gasteiger partial charge in [0.25, 0.3) is 0 Å². The third kappa shape index (κ3) is 1.79. The van der Waals surface area contributed by atoms with Gasteiger partial charge in [-0.15, -0.1) is 0 Å². The molecule has 15 heavy (non-hydrogen) atoms. The Morgan fingerprint density at radius 1 is 1.20 bits per heavy atom. The molecule has 0 amide bonds. The van der Waals surface area contributed by atoms with E-state index in [2.05, 4.69) is 38.0 Å². The van der Waals surface area contributed by atoms with Crippen LogP contribution in [0.15, 0.2) is 4.99 Å². The molecule has 2 aliphatic rings. The molecule has 1 aliphatic carbocycles. The second kappa shape index (κ2) is 3.50. The maximum absolute atomic E-state index is 4.53. The summed E-state index contributed by atoms with van der Waals surface area (Å²) >= 11 is 0. The normalized spacial score (nSPS) is 28.4. The van der Waals surface area contributed by atoms with E-state index in [0.29, 0.717) is 10.8 Å². The standard InChI is InChI=1S/C13H24N2/c1-12(2)10(13(12,3)4)9-15-11-7-5-6-8-14-11/h10H,5-9H2,1-4H3,(H,14,15). The molecule has 0 unspecified atom stereocenters. The van der Waals surface area contributed by atoms with Gasteiger partial charge in [0.2, 0.25) is 0 Å². The zero-order valence-corrected chi connectivity index (χ0v) is 10.6. The zero-order valence-electron chi connectivity index (χ0n) is 10.6. The number of nitrogens with one attached hydrogen (secondary N) is 1. The average molecular weight is 208 g/mol. The number of aliphatic imine (C=N–C) groups is 1. The smallest absolute Gasteiger partial charge is 0.0963 e. The van der Waals surface area contributed by atoms with Crippen LogP contribution in [0.1, 0.15) is 47.0 Å². The highest BCUT2D eigenvalue weighted by atomic mass is 15.0. The lowest BCUT2D eigenvalue weighted by atomic mass is 10.0. The number of hydrogen-bond acceptors (Lipinski definition) is 2. The highest BCUT2D eigenvalue weighted by molar-refractivity contribution is 5.82. The Hall–Kier alpha value is -0.530. The van der Waals surface area contributed by atoms with Crippen molar-refractivity contribution in [2.45, 2.75) is 47.0 Å². The summed E-state index contributed by atoms with van der Waals surface area (Å²) in [6.45, 7) is 11.6. The van der Waals surface area contributed by atoms with Crippen LogP contribution in [0.3, 0.4) is 0 Å². The lowest BCUT2D eigenvalue weighted by Crippen LogP contribution is -2.29. The van der Waals surface area contributed by atoms with Gasteiger partial charge >= 0.3 is 0 Å². The molecule has 0 aromatic heterocycles. The number of nitrogens with zero attached hydrogens (tertiary/aromatic N) is 1. The fourth-order valence-electron chi connectivity index (χ4n) is 2.90. The molecule has 0 radical (unpaired) electrons. The van der Waals surface area contributed by atoms with E-state index in [9.17, 15) is 0 Å². The number of amidine groups is 1. The SMILES string of the molecule is CC1(C)C(CNC2=NCCCC2)C1(C)C. The van der Waals surface area contributed by atoms with E-state index in [4.69, 9.17) is 0 Å². The van der Waals surface area contributed by atoms with Crippen LogP contribution in [0.2, 0.25) is 0 Å². The van der Waals surface area contributed by atoms with Crippen LogP contribution >= 0.6 is 0 Å². The Bertz CT molecular complexity index is 262. The van der Waals surface area contributed by atoms with Crippen LogP contribution < -0.4 is 5.32 Å². The van der Waals surface area contributed by atoms with Gasteiger partial charge in [-0.3, -0.25) is 4.99 Å². The number of hydrogen-bond donors (Lipinski definition) is 1. The van der Waals surface area contributed by atoms with Crippen LogP contribution in [0.25, 0.3) is 0 Å². The second-order valence-corrected chi connectivity index (χ2v) is 6.16. The third-order valence-corrected chi connectivity index (χ3v) is 4.95. The monoisotopic (exact) mass is 208 g/mol. The Balaban J connectivity index is 1.83. The molecular formula is C13H24N2. The van der Waals surface area contributed by atoms with E-state index >= 15 is 0 Å². The van der Waals surface area contributed by atoms with E-state index in [0.717, 1.165) is 25.4 Å². The van der Waals surface area contributed by atoms with Crippen molar-refractivity contribution in [3.8, 4) is 0 Å². The molecule has 0 saturated heterocycles. The first-order valence-electron chi connectivity index (χ1n) is 6.23. The summed E-state index contributed by atoms with van der Waals surface area (Å²) in [4.78, 5) is 4.53. The molecule has 1 fully saturated rings. The highest BCUT2D eigenvalue weighted by Crippen LogP contribution is 2.67. The van der Waals surface area contributed by atoms with Gasteiger partial charge in [0.15, 0.2) is 0 Å². The highest BCUT2D eigenvalue weighted by Gasteiger charge is 2.64. The summed E-state index contributed by atoms with van der Waals surface area (Å²) in [6.07, 6.45) is 3.74. The largest absolute Gasteiger partial charge is 0.374 e. The van der Waals surface area contributed by atoms with Crippen LogP contribution in [0.4, 0.5) is 0 Å². The Labute approximate surface area is 93.6 Å². The molecule has 2 heteroatoms. The Morgan fingerprint density at radius 2 is 1.87 bits per heavy atom. The molecule has 86 valence electrons. The quantitative estimate of drug-likeness (QED) is 0.741. The lowest BCUT2D eigenvalue weighted by Gasteiger charge is -2.14. The summed E-state index contributed by atoms with van der Waals surface area (Å²) in [5.74, 6) is 2.05. The van der Waals surface area contributed by atoms with E-state index in [1.54, 1.807) is 0 Å². The molecule has 1 saturated carbocycles. The maximum atomic E-state index is 4.53. The van der Waals surface area contributed by atoms with Gasteiger partial charge < -0.3 is 5.32 Å². The van der Waals surface area contributed by atoms with Crippen molar-refractivity contribution in [1.29, 1.82) is 0 Å². The van der Waals surface area contributed by atoms with E-state index in [-0.39, 0.29) is 0 Å². The summed E-state index contributed by atoms with van der Waals surface area (Å²) in [7, 11) is 0. The van der Waals surface area contributed by atoms with Gasteiger partial charge in [0, 0.05) is 19.5 Å². The minimum absolute atomic E-state index is 0.495. The topological polar surface area (TPSA) is 24.4 Å². The van der Waals surface area contributed by atoms with Gasteiger partial charge in [-0.1, -0.05) is 27.7 Å². The van der Waals surface area contributed by atoms with Crippen LogP contribution in [0, 0.1) is 16.7 Å². The van der Waals surface area contributed by atoms with E-state index in [1.807, 2.05) is 0 Å². The Morgan fingerprint density at radius 3 is 2.33 bits per heavy atom. The third-order valence-electron chi connectivity index (χ3n) is 4.95. The summed E-state index contributed by atoms with van der Waals surface area (Å²) in [6, 6.07) is 0. The maximum Gasteiger partial charge on any atom is 0.0963 e. The predicted octanol–water partition coefficient (Wildman–Crippen LogP) is 2.84. The van der Waals surface area contributed by atoms with Crippen LogP contribution in [-0.2, 0) is 0 Å². The van der Waals surface area contributed by atoms with Crippen molar-refractivity contribution in [2.75, 3.05) is 13.1 Å². The molecule has 2 rings (SSSR count). The van der Waals surface area contributed by atoms with E-state index in [1.165, 1.54) is 18.7 Å². The summed E-state index contributed by atoms with van der Waals surface area (Å²) < 4.78 is 0. The molecule has 2 nitrogen and oxygen atoms in total. The minimum Gasteiger partial charge on any atom is -0.374 e. The molecule has 0 atom stereocenters. The molecule has 1 N–H and O–H groups in total. The predicted molar refractivity (Wildman–Crippen MR) is 65.2 cm³/mol. The van der Waals surface area contributed by atoms with Crippen molar-refractivity contribution >= 4 is 5.84 Å². The summed E-state index contributed by atoms with van der Waals surface area (Å²) in [5, 5.41) is 3.54. The Kier molecular flexibility index (Phi) is 2.56. The van der Waals surface area contributed by atoms with Crippen molar-refractivity contribution < 1.29 is 0 Å². The first kappa shape index (κ1) is 11.0. The summed E-state index contributed by atoms with van der Waals surface area (Å²) in [5.41, 5.74) is 0.991. The molecular weight excluding hydrogens is 184 g/mol. The second-order valence-electron chi connectivity index (χ2n) is 6.16. The van der Waals surface area contributed by atoms with Crippen molar-refractivity contribution in [3.63, 3.8) is 0 Å².